The van der Waals surface area contributed by atoms with Crippen LogP contribution in [0.2, 0.25) is 0 Å². The Kier molecular flexibility index (Phi) is 9.37. The Morgan fingerprint density at radius 2 is 1.39 bits per heavy atom. The number of nitrogens with zero attached hydrogens (tertiary/aromatic N) is 3. The zero-order valence-corrected chi connectivity index (χ0v) is 26.5. The van der Waals surface area contributed by atoms with Gasteiger partial charge in [-0.25, -0.2) is 9.97 Å². The van der Waals surface area contributed by atoms with Gasteiger partial charge in [-0.1, -0.05) is 19.6 Å². The van der Waals surface area contributed by atoms with Crippen LogP contribution in [0.3, 0.4) is 0 Å². The number of rotatable bonds is 8. The Balaban J connectivity index is 0.00000442. The van der Waals surface area contributed by atoms with E-state index in [1.807, 2.05) is 45.9 Å². The third-order valence-electron chi connectivity index (χ3n) is 8.57. The molecule has 5 heterocycles. The van der Waals surface area contributed by atoms with E-state index in [9.17, 15) is 25.0 Å². The fraction of sp³-hybridized carbons (Fsp3) is 0.294. The van der Waals surface area contributed by atoms with Gasteiger partial charge in [-0.2, -0.15) is 0 Å². The van der Waals surface area contributed by atoms with Crippen LogP contribution in [0.25, 0.3) is 50.4 Å². The van der Waals surface area contributed by atoms with Gasteiger partial charge in [-0.15, -0.1) is 0 Å². The number of hydrogen-bond acceptors (Lipinski definition) is 5. The summed E-state index contributed by atoms with van der Waals surface area (Å²) < 4.78 is 0.907. The van der Waals surface area contributed by atoms with E-state index in [1.165, 1.54) is 0 Å². The second kappa shape index (κ2) is 12.7. The molecule has 44 heavy (non-hydrogen) atoms. The molecule has 5 rings (SSSR count). The first-order chi connectivity index (χ1) is 20.4. The molecule has 0 spiro atoms. The summed E-state index contributed by atoms with van der Waals surface area (Å²) >= 11 is 0. The Labute approximate surface area is 266 Å². The van der Waals surface area contributed by atoms with Crippen molar-refractivity contribution in [3.63, 3.8) is 0 Å². The van der Waals surface area contributed by atoms with Crippen LogP contribution in [-0.4, -0.2) is 41.8 Å². The minimum Gasteiger partial charge on any atom is -0.805 e. The normalized spacial score (nSPS) is 12.8. The van der Waals surface area contributed by atoms with Crippen LogP contribution in [0.15, 0.2) is 30.8 Å². The number of nitrogens with one attached hydrogen (secondary N) is 1. The van der Waals surface area contributed by atoms with Crippen LogP contribution in [0.1, 0.15) is 91.5 Å². The summed E-state index contributed by atoms with van der Waals surface area (Å²) in [5.41, 5.74) is 11.8. The summed E-state index contributed by atoms with van der Waals surface area (Å²) in [5.74, 6) is -1.83. The first-order valence-corrected chi connectivity index (χ1v) is 14.4. The topological polar surface area (TPSA) is 144 Å². The molecule has 10 heteroatoms. The van der Waals surface area contributed by atoms with E-state index in [-0.39, 0.29) is 42.8 Å². The van der Waals surface area contributed by atoms with Gasteiger partial charge in [0.15, 0.2) is 0 Å². The molecular weight excluding hydrogens is 600 g/mol. The molecule has 2 aliphatic rings. The molecule has 0 saturated heterocycles. The van der Waals surface area contributed by atoms with Gasteiger partial charge in [0.25, 0.3) is 0 Å². The molecule has 3 N–H and O–H groups in total. The van der Waals surface area contributed by atoms with E-state index in [4.69, 9.17) is 9.97 Å². The number of hydrogen-bond donors (Lipinski definition) is 3. The number of aromatic nitrogens is 4. The van der Waals surface area contributed by atoms with Crippen molar-refractivity contribution in [2.24, 2.45) is 0 Å². The standard InChI is InChI=1S/C34H35N4O5.Fe/c1-7-21-17(3)25-13-26-18(4)23(9-11-33(39)40)28(35-26)14-29-24(10-12-34(41)42)19(5)27(37-29)15-32-22(8-2)20(6)31(38(32)43)16-30(21)36-25;/h8,13-16,36H,2,7,9-12H2,1,3-6H3,(H,39,40)(H,41,42);/q-1;+2. The van der Waals surface area contributed by atoms with Gasteiger partial charge in [0, 0.05) is 40.5 Å². The number of carbonyl (C=O) groups is 2. The molecule has 0 aliphatic carbocycles. The van der Waals surface area contributed by atoms with Crippen molar-refractivity contribution < 1.29 is 36.9 Å². The molecule has 0 amide bonds. The number of aliphatic carboxylic acids is 2. The van der Waals surface area contributed by atoms with E-state index in [2.05, 4.69) is 18.5 Å². The SMILES string of the molecule is C=Cc1c(C)c2cc3[nH]c(cc4nc(cc5nc(cc1n2[O-])C(C)=C5CCC(=O)O)C(CCC(=O)O)=C4C)c(C)c3CC.[Fe+2]. The van der Waals surface area contributed by atoms with Crippen LogP contribution in [-0.2, 0) is 33.1 Å². The number of H-pyrrole nitrogens is 1. The predicted molar refractivity (Wildman–Crippen MR) is 171 cm³/mol. The van der Waals surface area contributed by atoms with Gasteiger partial charge in [-0.3, -0.25) is 9.59 Å². The fourth-order valence-corrected chi connectivity index (χ4v) is 6.09. The molecule has 2 aliphatic heterocycles. The molecule has 0 fully saturated rings. The van der Waals surface area contributed by atoms with Crippen LogP contribution in [0, 0.1) is 19.1 Å². The van der Waals surface area contributed by atoms with Crippen molar-refractivity contribution in [2.45, 2.75) is 66.7 Å². The van der Waals surface area contributed by atoms with Crippen molar-refractivity contribution in [1.82, 2.24) is 19.7 Å². The molecule has 3 aromatic heterocycles. The monoisotopic (exact) mass is 635 g/mol. The average molecular weight is 636 g/mol. The predicted octanol–water partition coefficient (Wildman–Crippen LogP) is 7.54. The van der Waals surface area contributed by atoms with Gasteiger partial charge in [-0.05, 0) is 110 Å². The summed E-state index contributed by atoms with van der Waals surface area (Å²) in [6.07, 6.45) is 2.80. The van der Waals surface area contributed by atoms with E-state index in [1.54, 1.807) is 12.1 Å². The zero-order chi connectivity index (χ0) is 31.2. The number of carboxylic acids is 2. The smallest absolute Gasteiger partial charge is 0.805 e. The maximum Gasteiger partial charge on any atom is 2.00 e. The molecule has 0 saturated carbocycles. The van der Waals surface area contributed by atoms with Crippen molar-refractivity contribution in [3.05, 3.63) is 81.1 Å². The van der Waals surface area contributed by atoms with Crippen molar-refractivity contribution in [2.75, 3.05) is 0 Å². The fourth-order valence-electron chi connectivity index (χ4n) is 6.09. The van der Waals surface area contributed by atoms with E-state index < -0.39 is 11.9 Å². The van der Waals surface area contributed by atoms with E-state index >= 15 is 0 Å². The summed E-state index contributed by atoms with van der Waals surface area (Å²) in [6.45, 7) is 13.8. The van der Waals surface area contributed by atoms with E-state index in [0.29, 0.717) is 39.4 Å². The Bertz CT molecular complexity index is 1940. The van der Waals surface area contributed by atoms with Crippen LogP contribution in [0.5, 0.6) is 0 Å². The van der Waals surface area contributed by atoms with Gasteiger partial charge in [0.05, 0.1) is 22.8 Å². The number of carboxylic acid groups (broad SMARTS) is 2. The molecule has 0 unspecified atom stereocenters. The quantitative estimate of drug-likeness (QED) is 0.217. The average Bonchev–Trinajstić information content (AvgIpc) is 3.59. The number of aromatic amines is 1. The third kappa shape index (κ3) is 5.75. The third-order valence-corrected chi connectivity index (χ3v) is 8.57. The van der Waals surface area contributed by atoms with Crippen molar-refractivity contribution in [1.29, 1.82) is 0 Å². The minimum atomic E-state index is -0.929. The van der Waals surface area contributed by atoms with Gasteiger partial charge in [0.1, 0.15) is 0 Å². The second-order valence-corrected chi connectivity index (χ2v) is 11.1. The first-order valence-electron chi connectivity index (χ1n) is 14.4. The molecule has 8 bridgehead atoms. The molecule has 0 atom stereocenters. The Morgan fingerprint density at radius 1 is 0.841 bits per heavy atom. The number of allylic oxidation sites excluding steroid dienone is 4. The maximum atomic E-state index is 13.8. The molecule has 228 valence electrons. The number of fused-ring (bicyclic) bond motifs is 8. The molecular formula is C34H35FeN4O5+. The van der Waals surface area contributed by atoms with Crippen LogP contribution < -0.4 is 0 Å². The Hall–Kier alpha value is -4.40. The minimum absolute atomic E-state index is 0. The number of aryl methyl sites for hydroxylation is 3. The van der Waals surface area contributed by atoms with Gasteiger partial charge >= 0.3 is 29.0 Å². The van der Waals surface area contributed by atoms with Crippen molar-refractivity contribution in [3.8, 4) is 0 Å². The van der Waals surface area contributed by atoms with Gasteiger partial charge in [0.2, 0.25) is 0 Å². The van der Waals surface area contributed by atoms with Crippen molar-refractivity contribution >= 4 is 62.4 Å². The molecule has 3 aromatic rings. The summed E-state index contributed by atoms with van der Waals surface area (Å²) in [4.78, 5) is 36.4. The molecule has 9 nitrogen and oxygen atoms in total. The largest absolute Gasteiger partial charge is 2.00 e. The zero-order valence-electron chi connectivity index (χ0n) is 25.4. The second-order valence-electron chi connectivity index (χ2n) is 11.1. The first kappa shape index (κ1) is 32.5. The summed E-state index contributed by atoms with van der Waals surface area (Å²) in [7, 11) is 0. The van der Waals surface area contributed by atoms with Crippen LogP contribution >= 0.6 is 0 Å². The van der Waals surface area contributed by atoms with E-state index in [0.717, 1.165) is 61.2 Å². The molecule has 0 radical (unpaired) electrons. The summed E-state index contributed by atoms with van der Waals surface area (Å²) in [6, 6.07) is 7.39. The Morgan fingerprint density at radius 3 is 1.89 bits per heavy atom. The summed E-state index contributed by atoms with van der Waals surface area (Å²) in [5, 5.41) is 32.7. The van der Waals surface area contributed by atoms with Crippen LogP contribution in [0.4, 0.5) is 0 Å². The molecule has 0 aromatic carbocycles. The van der Waals surface area contributed by atoms with Gasteiger partial charge < -0.3 is 25.1 Å². The maximum absolute atomic E-state index is 13.8.